The number of carbonyl (C=O) groups is 4. The summed E-state index contributed by atoms with van der Waals surface area (Å²) in [4.78, 5) is 52.9. The fourth-order valence-corrected chi connectivity index (χ4v) is 5.14. The molecule has 3 aliphatic rings. The molecule has 1 aromatic carbocycles. The van der Waals surface area contributed by atoms with Gasteiger partial charge in [0.1, 0.15) is 18.1 Å². The number of rotatable bonds is 6. The number of fused-ring (bicyclic) bond motifs is 1. The topological polar surface area (TPSA) is 114 Å². The predicted molar refractivity (Wildman–Crippen MR) is 123 cm³/mol. The maximum atomic E-state index is 13.6. The standard InChI is InChI=1S/C24H30ClN3O6/c1-2-33-24-18(13-20(29)34-24)27-22(31)19-12-11-16-5-3-4-6-17(23(32)28(16)19)26-21(30)14-7-9-15(25)10-8-14/h7-10,16-19,24H,2-6,11-13H2,1H3,(H,26,30)(H,27,31)/t16-,17-,18?,19-,24?/m0/s1. The number of cyclic esters (lactones) is 1. The summed E-state index contributed by atoms with van der Waals surface area (Å²) in [5.41, 5.74) is 0.416. The third kappa shape index (κ3) is 5.36. The van der Waals surface area contributed by atoms with Crippen LogP contribution >= 0.6 is 11.6 Å². The average Bonchev–Trinajstić information content (AvgIpc) is 3.37. The predicted octanol–water partition coefficient (Wildman–Crippen LogP) is 2.17. The summed E-state index contributed by atoms with van der Waals surface area (Å²) in [5, 5.41) is 6.24. The minimum atomic E-state index is -0.826. The van der Waals surface area contributed by atoms with Crippen LogP contribution < -0.4 is 10.6 Å². The summed E-state index contributed by atoms with van der Waals surface area (Å²) in [6, 6.07) is 4.45. The molecular weight excluding hydrogens is 462 g/mol. The quantitative estimate of drug-likeness (QED) is 0.589. The fourth-order valence-electron chi connectivity index (χ4n) is 5.01. The lowest BCUT2D eigenvalue weighted by Crippen LogP contribution is -2.57. The Labute approximate surface area is 203 Å². The molecule has 0 aliphatic carbocycles. The molecule has 3 amide bonds. The summed E-state index contributed by atoms with van der Waals surface area (Å²) in [5.74, 6) is -1.36. The number of nitrogens with one attached hydrogen (secondary N) is 2. The molecule has 3 fully saturated rings. The van der Waals surface area contributed by atoms with Crippen LogP contribution in [0.25, 0.3) is 0 Å². The van der Waals surface area contributed by atoms with Gasteiger partial charge in [-0.3, -0.25) is 19.2 Å². The summed E-state index contributed by atoms with van der Waals surface area (Å²) in [6.07, 6.45) is 3.50. The second kappa shape index (κ2) is 10.7. The smallest absolute Gasteiger partial charge is 0.310 e. The average molecular weight is 492 g/mol. The Morgan fingerprint density at radius 1 is 1.09 bits per heavy atom. The number of nitrogens with zero attached hydrogens (tertiary/aromatic N) is 1. The van der Waals surface area contributed by atoms with Gasteiger partial charge in [-0.25, -0.2) is 0 Å². The van der Waals surface area contributed by atoms with Crippen molar-refractivity contribution in [1.82, 2.24) is 15.5 Å². The van der Waals surface area contributed by atoms with E-state index >= 15 is 0 Å². The van der Waals surface area contributed by atoms with Crippen LogP contribution in [0, 0.1) is 0 Å². The Hall–Kier alpha value is -2.65. The fraction of sp³-hybridized carbons (Fsp3) is 0.583. The second-order valence-electron chi connectivity index (χ2n) is 8.94. The van der Waals surface area contributed by atoms with E-state index < -0.39 is 30.4 Å². The van der Waals surface area contributed by atoms with Gasteiger partial charge in [0.2, 0.25) is 18.1 Å². The highest BCUT2D eigenvalue weighted by Crippen LogP contribution is 2.32. The molecule has 0 bridgehead atoms. The number of benzene rings is 1. The number of esters is 1. The van der Waals surface area contributed by atoms with Crippen molar-refractivity contribution < 1.29 is 28.7 Å². The third-order valence-corrected chi connectivity index (χ3v) is 6.92. The van der Waals surface area contributed by atoms with E-state index in [4.69, 9.17) is 21.1 Å². The van der Waals surface area contributed by atoms with Crippen LogP contribution in [0.5, 0.6) is 0 Å². The number of hydrogen-bond donors (Lipinski definition) is 2. The molecule has 4 rings (SSSR count). The molecule has 2 unspecified atom stereocenters. The molecule has 1 aromatic rings. The molecule has 9 nitrogen and oxygen atoms in total. The number of amides is 3. The van der Waals surface area contributed by atoms with Gasteiger partial charge in [0.05, 0.1) is 6.42 Å². The van der Waals surface area contributed by atoms with Crippen LogP contribution in [-0.4, -0.2) is 65.7 Å². The van der Waals surface area contributed by atoms with Crippen molar-refractivity contribution >= 4 is 35.3 Å². The Balaban J connectivity index is 1.47. The number of halogens is 1. The molecule has 3 heterocycles. The Kier molecular flexibility index (Phi) is 7.73. The zero-order valence-electron chi connectivity index (χ0n) is 19.1. The van der Waals surface area contributed by atoms with Crippen molar-refractivity contribution in [3.05, 3.63) is 34.9 Å². The van der Waals surface area contributed by atoms with Crippen LogP contribution in [-0.2, 0) is 23.9 Å². The highest BCUT2D eigenvalue weighted by Gasteiger charge is 2.45. The van der Waals surface area contributed by atoms with Gasteiger partial charge in [0.15, 0.2) is 0 Å². The first-order valence-electron chi connectivity index (χ1n) is 11.9. The summed E-state index contributed by atoms with van der Waals surface area (Å²) >= 11 is 5.91. The molecule has 3 saturated heterocycles. The molecule has 0 saturated carbocycles. The molecule has 3 aliphatic heterocycles. The first-order chi connectivity index (χ1) is 16.4. The summed E-state index contributed by atoms with van der Waals surface area (Å²) in [7, 11) is 0. The first kappa shape index (κ1) is 24.5. The lowest BCUT2D eigenvalue weighted by molar-refractivity contribution is -0.164. The van der Waals surface area contributed by atoms with E-state index in [0.29, 0.717) is 30.0 Å². The van der Waals surface area contributed by atoms with E-state index in [1.807, 2.05) is 0 Å². The van der Waals surface area contributed by atoms with Gasteiger partial charge >= 0.3 is 5.97 Å². The molecule has 10 heteroatoms. The Morgan fingerprint density at radius 2 is 1.82 bits per heavy atom. The van der Waals surface area contributed by atoms with Gasteiger partial charge in [0, 0.05) is 23.2 Å². The van der Waals surface area contributed by atoms with Gasteiger partial charge in [0.25, 0.3) is 5.91 Å². The number of hydrogen-bond acceptors (Lipinski definition) is 6. The lowest BCUT2D eigenvalue weighted by Gasteiger charge is -2.35. The molecule has 0 radical (unpaired) electrons. The Bertz CT molecular complexity index is 939. The largest absolute Gasteiger partial charge is 0.433 e. The summed E-state index contributed by atoms with van der Waals surface area (Å²) in [6.45, 7) is 2.12. The van der Waals surface area contributed by atoms with E-state index in [-0.39, 0.29) is 30.2 Å². The van der Waals surface area contributed by atoms with E-state index in [0.717, 1.165) is 25.7 Å². The van der Waals surface area contributed by atoms with Crippen LogP contribution in [0.2, 0.25) is 5.02 Å². The van der Waals surface area contributed by atoms with Gasteiger partial charge in [-0.15, -0.1) is 0 Å². The highest BCUT2D eigenvalue weighted by molar-refractivity contribution is 6.30. The van der Waals surface area contributed by atoms with Gasteiger partial charge in [-0.1, -0.05) is 24.4 Å². The van der Waals surface area contributed by atoms with E-state index in [9.17, 15) is 19.2 Å². The van der Waals surface area contributed by atoms with Crippen LogP contribution in [0.4, 0.5) is 0 Å². The van der Waals surface area contributed by atoms with Crippen molar-refractivity contribution in [3.8, 4) is 0 Å². The van der Waals surface area contributed by atoms with Gasteiger partial charge in [-0.05, 0) is 56.9 Å². The number of carbonyl (C=O) groups excluding carboxylic acids is 4. The van der Waals surface area contributed by atoms with Crippen molar-refractivity contribution in [2.24, 2.45) is 0 Å². The van der Waals surface area contributed by atoms with Crippen LogP contribution in [0.1, 0.15) is 62.2 Å². The maximum Gasteiger partial charge on any atom is 0.310 e. The van der Waals surface area contributed by atoms with E-state index in [2.05, 4.69) is 10.6 Å². The lowest BCUT2D eigenvalue weighted by atomic mass is 9.98. The molecule has 0 spiro atoms. The van der Waals surface area contributed by atoms with Crippen LogP contribution in [0.15, 0.2) is 24.3 Å². The SMILES string of the molecule is CCOC1OC(=O)CC1NC(=O)[C@@H]1CC[C@@H]2CCCC[C@H](NC(=O)c3ccc(Cl)cc3)C(=O)N21. The zero-order chi connectivity index (χ0) is 24.2. The molecular formula is C24H30ClN3O6. The van der Waals surface area contributed by atoms with Crippen molar-refractivity contribution in [2.75, 3.05) is 6.61 Å². The molecule has 5 atom stereocenters. The van der Waals surface area contributed by atoms with Crippen molar-refractivity contribution in [1.29, 1.82) is 0 Å². The monoisotopic (exact) mass is 491 g/mol. The molecule has 34 heavy (non-hydrogen) atoms. The maximum absolute atomic E-state index is 13.6. The molecule has 2 N–H and O–H groups in total. The molecule has 0 aromatic heterocycles. The normalized spacial score (nSPS) is 29.1. The minimum absolute atomic E-state index is 0.0281. The van der Waals surface area contributed by atoms with Crippen LogP contribution in [0.3, 0.4) is 0 Å². The number of ether oxygens (including phenoxy) is 2. The van der Waals surface area contributed by atoms with E-state index in [1.54, 1.807) is 36.1 Å². The zero-order valence-corrected chi connectivity index (χ0v) is 19.9. The van der Waals surface area contributed by atoms with Crippen molar-refractivity contribution in [3.63, 3.8) is 0 Å². The summed E-state index contributed by atoms with van der Waals surface area (Å²) < 4.78 is 10.6. The van der Waals surface area contributed by atoms with E-state index in [1.165, 1.54) is 0 Å². The third-order valence-electron chi connectivity index (χ3n) is 6.67. The first-order valence-corrected chi connectivity index (χ1v) is 12.2. The Morgan fingerprint density at radius 3 is 2.56 bits per heavy atom. The van der Waals surface area contributed by atoms with Gasteiger partial charge in [-0.2, -0.15) is 0 Å². The highest BCUT2D eigenvalue weighted by atomic mass is 35.5. The van der Waals surface area contributed by atoms with Gasteiger partial charge < -0.3 is 25.0 Å². The van der Waals surface area contributed by atoms with Crippen molar-refractivity contribution in [2.45, 2.75) is 82.3 Å². The second-order valence-corrected chi connectivity index (χ2v) is 9.38. The minimum Gasteiger partial charge on any atom is -0.433 e. The molecule has 184 valence electrons.